The smallest absolute Gasteiger partial charge is 0.272 e. The molecule has 0 atom stereocenters. The van der Waals surface area contributed by atoms with Crippen molar-refractivity contribution in [2.24, 2.45) is 0 Å². The number of hydrogen-bond acceptors (Lipinski definition) is 4. The van der Waals surface area contributed by atoms with E-state index in [2.05, 4.69) is 20.5 Å². The molecule has 0 fully saturated rings. The summed E-state index contributed by atoms with van der Waals surface area (Å²) in [5.41, 5.74) is 3.44. The van der Waals surface area contributed by atoms with Gasteiger partial charge in [-0.3, -0.25) is 9.89 Å². The number of thiazole rings is 1. The van der Waals surface area contributed by atoms with Crippen LogP contribution in [0.15, 0.2) is 23.6 Å². The molecule has 3 aromatic rings. The number of fused-ring (bicyclic) bond motifs is 1. The van der Waals surface area contributed by atoms with Gasteiger partial charge in [0.2, 0.25) is 0 Å². The van der Waals surface area contributed by atoms with Crippen molar-refractivity contribution >= 4 is 28.1 Å². The van der Waals surface area contributed by atoms with Gasteiger partial charge in [-0.1, -0.05) is 11.6 Å². The number of rotatable bonds is 4. The maximum atomic E-state index is 12.2. The highest BCUT2D eigenvalue weighted by Gasteiger charge is 2.13. The molecule has 0 radical (unpaired) electrons. The monoisotopic (exact) mass is 300 g/mol. The zero-order valence-electron chi connectivity index (χ0n) is 11.9. The number of carbonyl (C=O) groups is 1. The van der Waals surface area contributed by atoms with E-state index in [1.807, 2.05) is 37.4 Å². The summed E-state index contributed by atoms with van der Waals surface area (Å²) in [6.07, 6.45) is 0.734. The average Bonchev–Trinajstić information content (AvgIpc) is 3.04. The number of aryl methyl sites for hydroxylation is 2. The van der Waals surface area contributed by atoms with Crippen LogP contribution in [0.1, 0.15) is 26.8 Å². The third-order valence-corrected chi connectivity index (χ3v) is 4.09. The standard InChI is InChI=1S/C15H16N4OS/c1-9-3-4-13-12(7-9)14(19-18-13)15(20)16-6-5-11-8-21-10(2)17-11/h3-4,7-8H,5-6H2,1-2H3,(H,16,20)(H,18,19). The predicted molar refractivity (Wildman–Crippen MR) is 83.7 cm³/mol. The quantitative estimate of drug-likeness (QED) is 0.778. The van der Waals surface area contributed by atoms with Crippen LogP contribution in [0, 0.1) is 13.8 Å². The number of benzene rings is 1. The fourth-order valence-corrected chi connectivity index (χ4v) is 2.86. The molecule has 0 aliphatic rings. The largest absolute Gasteiger partial charge is 0.350 e. The lowest BCUT2D eigenvalue weighted by Gasteiger charge is -2.02. The normalized spacial score (nSPS) is 11.0. The molecular weight excluding hydrogens is 284 g/mol. The number of aromatic nitrogens is 3. The summed E-state index contributed by atoms with van der Waals surface area (Å²) in [5, 5.41) is 13.8. The lowest BCUT2D eigenvalue weighted by Crippen LogP contribution is -2.26. The second-order valence-electron chi connectivity index (χ2n) is 4.99. The second kappa shape index (κ2) is 5.65. The van der Waals surface area contributed by atoms with Gasteiger partial charge < -0.3 is 5.32 Å². The average molecular weight is 300 g/mol. The zero-order chi connectivity index (χ0) is 14.8. The van der Waals surface area contributed by atoms with Gasteiger partial charge in [-0.25, -0.2) is 4.98 Å². The molecule has 0 spiro atoms. The third kappa shape index (κ3) is 2.95. The minimum Gasteiger partial charge on any atom is -0.350 e. The van der Waals surface area contributed by atoms with Gasteiger partial charge in [0.25, 0.3) is 5.91 Å². The van der Waals surface area contributed by atoms with E-state index in [1.165, 1.54) is 0 Å². The van der Waals surface area contributed by atoms with E-state index in [1.54, 1.807) is 11.3 Å². The Balaban J connectivity index is 1.68. The van der Waals surface area contributed by atoms with Crippen molar-refractivity contribution in [2.75, 3.05) is 6.54 Å². The first-order chi connectivity index (χ1) is 10.1. The van der Waals surface area contributed by atoms with Crippen LogP contribution >= 0.6 is 11.3 Å². The predicted octanol–water partition coefficient (Wildman–Crippen LogP) is 2.61. The lowest BCUT2D eigenvalue weighted by atomic mass is 10.1. The van der Waals surface area contributed by atoms with E-state index in [-0.39, 0.29) is 5.91 Å². The van der Waals surface area contributed by atoms with E-state index < -0.39 is 0 Å². The van der Waals surface area contributed by atoms with E-state index >= 15 is 0 Å². The summed E-state index contributed by atoms with van der Waals surface area (Å²) >= 11 is 1.62. The van der Waals surface area contributed by atoms with Crippen LogP contribution in [0.5, 0.6) is 0 Å². The van der Waals surface area contributed by atoms with Crippen LogP contribution in [-0.4, -0.2) is 27.6 Å². The van der Waals surface area contributed by atoms with Crippen LogP contribution in [0.3, 0.4) is 0 Å². The highest BCUT2D eigenvalue weighted by Crippen LogP contribution is 2.17. The molecule has 1 aromatic carbocycles. The molecule has 3 rings (SSSR count). The first kappa shape index (κ1) is 13.8. The van der Waals surface area contributed by atoms with Crippen LogP contribution in [0.25, 0.3) is 10.9 Å². The number of aromatic amines is 1. The molecule has 6 heteroatoms. The van der Waals surface area contributed by atoms with Crippen molar-refractivity contribution in [1.29, 1.82) is 0 Å². The third-order valence-electron chi connectivity index (χ3n) is 3.27. The van der Waals surface area contributed by atoms with Crippen molar-refractivity contribution in [3.63, 3.8) is 0 Å². The van der Waals surface area contributed by atoms with Crippen molar-refractivity contribution in [3.8, 4) is 0 Å². The number of H-pyrrole nitrogens is 1. The molecule has 0 bridgehead atoms. The maximum Gasteiger partial charge on any atom is 0.272 e. The molecule has 2 N–H and O–H groups in total. The van der Waals surface area contributed by atoms with Crippen LogP contribution in [0.4, 0.5) is 0 Å². The molecule has 0 aliphatic heterocycles. The van der Waals surface area contributed by atoms with E-state index in [4.69, 9.17) is 0 Å². The first-order valence-corrected chi connectivity index (χ1v) is 7.65. The number of nitrogens with one attached hydrogen (secondary N) is 2. The van der Waals surface area contributed by atoms with Gasteiger partial charge >= 0.3 is 0 Å². The topological polar surface area (TPSA) is 70.7 Å². The fourth-order valence-electron chi connectivity index (χ4n) is 2.21. The molecule has 1 amide bonds. The van der Waals surface area contributed by atoms with Crippen molar-refractivity contribution in [1.82, 2.24) is 20.5 Å². The molecule has 2 heterocycles. The number of carbonyl (C=O) groups excluding carboxylic acids is 1. The molecule has 5 nitrogen and oxygen atoms in total. The molecule has 0 saturated carbocycles. The summed E-state index contributed by atoms with van der Waals surface area (Å²) in [5.74, 6) is -0.154. The lowest BCUT2D eigenvalue weighted by molar-refractivity contribution is 0.0950. The van der Waals surface area contributed by atoms with Gasteiger partial charge in [-0.15, -0.1) is 11.3 Å². The van der Waals surface area contributed by atoms with E-state index in [0.29, 0.717) is 12.2 Å². The molecule has 108 valence electrons. The van der Waals surface area contributed by atoms with Crippen LogP contribution in [0.2, 0.25) is 0 Å². The molecular formula is C15H16N4OS. The Morgan fingerprint density at radius 1 is 1.38 bits per heavy atom. The molecule has 0 saturated heterocycles. The molecule has 2 aromatic heterocycles. The van der Waals surface area contributed by atoms with Gasteiger partial charge in [0.1, 0.15) is 0 Å². The highest BCUT2D eigenvalue weighted by molar-refractivity contribution is 7.09. The molecule has 0 aliphatic carbocycles. The Kier molecular flexibility index (Phi) is 3.70. The van der Waals surface area contributed by atoms with Crippen LogP contribution < -0.4 is 5.32 Å². The number of hydrogen-bond donors (Lipinski definition) is 2. The Morgan fingerprint density at radius 2 is 2.24 bits per heavy atom. The Morgan fingerprint density at radius 3 is 3.00 bits per heavy atom. The minimum absolute atomic E-state index is 0.154. The van der Waals surface area contributed by atoms with E-state index in [0.717, 1.165) is 33.6 Å². The van der Waals surface area contributed by atoms with Gasteiger partial charge in [-0.2, -0.15) is 5.10 Å². The molecule has 21 heavy (non-hydrogen) atoms. The summed E-state index contributed by atoms with van der Waals surface area (Å²) in [7, 11) is 0. The molecule has 0 unspecified atom stereocenters. The summed E-state index contributed by atoms with van der Waals surface area (Å²) < 4.78 is 0. The second-order valence-corrected chi connectivity index (χ2v) is 6.05. The zero-order valence-corrected chi connectivity index (χ0v) is 12.8. The summed E-state index contributed by atoms with van der Waals surface area (Å²) in [6.45, 7) is 4.53. The van der Waals surface area contributed by atoms with Crippen molar-refractivity contribution in [2.45, 2.75) is 20.3 Å². The number of amides is 1. The van der Waals surface area contributed by atoms with Gasteiger partial charge in [-0.05, 0) is 26.0 Å². The highest BCUT2D eigenvalue weighted by atomic mass is 32.1. The van der Waals surface area contributed by atoms with Gasteiger partial charge in [0.15, 0.2) is 5.69 Å². The van der Waals surface area contributed by atoms with Crippen LogP contribution in [-0.2, 0) is 6.42 Å². The Hall–Kier alpha value is -2.21. The minimum atomic E-state index is -0.154. The SMILES string of the molecule is Cc1ccc2[nH]nc(C(=O)NCCc3csc(C)n3)c2c1. The summed E-state index contributed by atoms with van der Waals surface area (Å²) in [4.78, 5) is 16.6. The first-order valence-electron chi connectivity index (χ1n) is 6.77. The van der Waals surface area contributed by atoms with Crippen molar-refractivity contribution < 1.29 is 4.79 Å². The van der Waals surface area contributed by atoms with E-state index in [9.17, 15) is 4.79 Å². The maximum absolute atomic E-state index is 12.2. The Labute approximate surface area is 126 Å². The number of nitrogens with zero attached hydrogens (tertiary/aromatic N) is 2. The van der Waals surface area contributed by atoms with Gasteiger partial charge in [0, 0.05) is 23.7 Å². The Bertz CT molecular complexity index is 790. The fraction of sp³-hybridized carbons (Fsp3) is 0.267. The summed E-state index contributed by atoms with van der Waals surface area (Å²) in [6, 6.07) is 5.90. The van der Waals surface area contributed by atoms with Crippen molar-refractivity contribution in [3.05, 3.63) is 45.5 Å². The van der Waals surface area contributed by atoms with Gasteiger partial charge in [0.05, 0.1) is 16.2 Å².